The van der Waals surface area contributed by atoms with E-state index in [1.54, 1.807) is 6.07 Å². The van der Waals surface area contributed by atoms with Gasteiger partial charge in [-0.15, -0.1) is 0 Å². The molecule has 2 N–H and O–H groups in total. The van der Waals surface area contributed by atoms with Crippen LogP contribution in [0.3, 0.4) is 0 Å². The summed E-state index contributed by atoms with van der Waals surface area (Å²) in [6, 6.07) is 14.3. The van der Waals surface area contributed by atoms with E-state index in [1.165, 1.54) is 16.7 Å². The highest BCUT2D eigenvalue weighted by molar-refractivity contribution is 9.10. The number of halogens is 1. The number of rotatable bonds is 1. The predicted octanol–water partition coefficient (Wildman–Crippen LogP) is 3.39. The van der Waals surface area contributed by atoms with E-state index >= 15 is 0 Å². The molecule has 1 aliphatic rings. The monoisotopic (exact) mass is 303 g/mol. The van der Waals surface area contributed by atoms with E-state index in [9.17, 15) is 5.11 Å². The SMILES string of the molecule is Oc1ccc2c(c1)CCN[C@@H]2c1ccc(Br)cc1. The molecule has 0 spiro atoms. The van der Waals surface area contributed by atoms with Crippen molar-refractivity contribution in [3.05, 3.63) is 63.6 Å². The molecule has 2 aromatic rings. The Morgan fingerprint density at radius 1 is 1.11 bits per heavy atom. The van der Waals surface area contributed by atoms with Gasteiger partial charge >= 0.3 is 0 Å². The maximum Gasteiger partial charge on any atom is 0.115 e. The van der Waals surface area contributed by atoms with Gasteiger partial charge < -0.3 is 10.4 Å². The Bertz CT molecular complexity index is 565. The van der Waals surface area contributed by atoms with Gasteiger partial charge in [0.1, 0.15) is 5.75 Å². The molecule has 0 unspecified atom stereocenters. The minimum Gasteiger partial charge on any atom is -0.508 e. The minimum absolute atomic E-state index is 0.224. The van der Waals surface area contributed by atoms with E-state index in [0.29, 0.717) is 5.75 Å². The fraction of sp³-hybridized carbons (Fsp3) is 0.200. The van der Waals surface area contributed by atoms with Crippen molar-refractivity contribution in [1.29, 1.82) is 0 Å². The molecule has 0 radical (unpaired) electrons. The van der Waals surface area contributed by atoms with Gasteiger partial charge in [0.25, 0.3) is 0 Å². The second-order valence-electron chi connectivity index (χ2n) is 4.57. The molecule has 1 heterocycles. The summed E-state index contributed by atoms with van der Waals surface area (Å²) in [6.07, 6.45) is 0.969. The van der Waals surface area contributed by atoms with E-state index < -0.39 is 0 Å². The van der Waals surface area contributed by atoms with Gasteiger partial charge in [-0.2, -0.15) is 0 Å². The first-order chi connectivity index (χ1) is 8.74. The van der Waals surface area contributed by atoms with Gasteiger partial charge in [-0.1, -0.05) is 34.1 Å². The molecule has 2 nitrogen and oxygen atoms in total. The zero-order valence-corrected chi connectivity index (χ0v) is 11.4. The molecule has 0 amide bonds. The van der Waals surface area contributed by atoms with Crippen LogP contribution in [0.1, 0.15) is 22.7 Å². The highest BCUT2D eigenvalue weighted by Crippen LogP contribution is 2.31. The number of hydrogen-bond acceptors (Lipinski definition) is 2. The summed E-state index contributed by atoms with van der Waals surface area (Å²) in [5.74, 6) is 0.352. The summed E-state index contributed by atoms with van der Waals surface area (Å²) < 4.78 is 1.09. The molecule has 92 valence electrons. The molecule has 0 saturated heterocycles. The molecular weight excluding hydrogens is 290 g/mol. The van der Waals surface area contributed by atoms with Crippen molar-refractivity contribution in [3.8, 4) is 5.75 Å². The van der Waals surface area contributed by atoms with E-state index in [0.717, 1.165) is 17.4 Å². The zero-order chi connectivity index (χ0) is 12.5. The first kappa shape index (κ1) is 11.8. The largest absolute Gasteiger partial charge is 0.508 e. The van der Waals surface area contributed by atoms with Crippen molar-refractivity contribution in [3.63, 3.8) is 0 Å². The van der Waals surface area contributed by atoms with Crippen LogP contribution in [0, 0.1) is 0 Å². The normalized spacial score (nSPS) is 18.4. The number of phenolic OH excluding ortho intramolecular Hbond substituents is 1. The van der Waals surface area contributed by atoms with Crippen molar-refractivity contribution in [1.82, 2.24) is 5.32 Å². The Morgan fingerprint density at radius 3 is 2.67 bits per heavy atom. The number of fused-ring (bicyclic) bond motifs is 1. The summed E-state index contributed by atoms with van der Waals surface area (Å²) >= 11 is 3.46. The molecule has 0 aliphatic carbocycles. The van der Waals surface area contributed by atoms with E-state index in [-0.39, 0.29) is 6.04 Å². The van der Waals surface area contributed by atoms with Crippen molar-refractivity contribution < 1.29 is 5.11 Å². The first-order valence-corrected chi connectivity index (χ1v) is 6.84. The summed E-state index contributed by atoms with van der Waals surface area (Å²) in [4.78, 5) is 0. The average molecular weight is 304 g/mol. The Morgan fingerprint density at radius 2 is 1.89 bits per heavy atom. The summed E-state index contributed by atoms with van der Waals surface area (Å²) in [5, 5.41) is 13.1. The molecule has 0 fully saturated rings. The topological polar surface area (TPSA) is 32.3 Å². The number of phenols is 1. The Hall–Kier alpha value is -1.32. The van der Waals surface area contributed by atoms with Gasteiger partial charge in [0, 0.05) is 11.0 Å². The van der Waals surface area contributed by atoms with Gasteiger partial charge in [-0.25, -0.2) is 0 Å². The van der Waals surface area contributed by atoms with Crippen LogP contribution in [0.25, 0.3) is 0 Å². The van der Waals surface area contributed by atoms with Crippen LogP contribution in [0.5, 0.6) is 5.75 Å². The zero-order valence-electron chi connectivity index (χ0n) is 9.86. The van der Waals surface area contributed by atoms with Crippen molar-refractivity contribution in [2.75, 3.05) is 6.54 Å². The molecule has 0 saturated carbocycles. The van der Waals surface area contributed by atoms with E-state index in [4.69, 9.17) is 0 Å². The Balaban J connectivity index is 2.03. The minimum atomic E-state index is 0.224. The lowest BCUT2D eigenvalue weighted by Crippen LogP contribution is -2.30. The molecular formula is C15H14BrNO. The van der Waals surface area contributed by atoms with E-state index in [2.05, 4.69) is 45.5 Å². The maximum atomic E-state index is 9.55. The molecule has 1 aliphatic heterocycles. The molecule has 0 aromatic heterocycles. The predicted molar refractivity (Wildman–Crippen MR) is 75.8 cm³/mol. The quantitative estimate of drug-likeness (QED) is 0.846. The van der Waals surface area contributed by atoms with Gasteiger partial charge in [0.2, 0.25) is 0 Å². The fourth-order valence-corrected chi connectivity index (χ4v) is 2.77. The number of nitrogens with one attached hydrogen (secondary N) is 1. The molecule has 0 bridgehead atoms. The van der Waals surface area contributed by atoms with Crippen molar-refractivity contribution in [2.24, 2.45) is 0 Å². The Labute approximate surface area is 115 Å². The Kier molecular flexibility index (Phi) is 3.10. The standard InChI is InChI=1S/C15H14BrNO/c16-12-3-1-10(2-4-12)15-14-6-5-13(18)9-11(14)7-8-17-15/h1-6,9,15,17-18H,7-8H2/t15-/m1/s1. The smallest absolute Gasteiger partial charge is 0.115 e. The van der Waals surface area contributed by atoms with Gasteiger partial charge in [-0.05, 0) is 47.4 Å². The van der Waals surface area contributed by atoms with Crippen LogP contribution >= 0.6 is 15.9 Å². The second-order valence-corrected chi connectivity index (χ2v) is 5.49. The third-order valence-corrected chi connectivity index (χ3v) is 3.91. The second kappa shape index (κ2) is 4.75. The number of aromatic hydroxyl groups is 1. The third-order valence-electron chi connectivity index (χ3n) is 3.38. The molecule has 18 heavy (non-hydrogen) atoms. The lowest BCUT2D eigenvalue weighted by atomic mass is 9.90. The number of hydrogen-bond donors (Lipinski definition) is 2. The summed E-state index contributed by atoms with van der Waals surface area (Å²) in [5.41, 5.74) is 3.76. The van der Waals surface area contributed by atoms with Gasteiger partial charge in [0.05, 0.1) is 6.04 Å². The van der Waals surface area contributed by atoms with Gasteiger partial charge in [-0.3, -0.25) is 0 Å². The molecule has 3 rings (SSSR count). The van der Waals surface area contributed by atoms with Crippen molar-refractivity contribution in [2.45, 2.75) is 12.5 Å². The molecule has 1 atom stereocenters. The summed E-state index contributed by atoms with van der Waals surface area (Å²) in [7, 11) is 0. The molecule has 3 heteroatoms. The van der Waals surface area contributed by atoms with Gasteiger partial charge in [0.15, 0.2) is 0 Å². The van der Waals surface area contributed by atoms with Crippen LogP contribution in [0.15, 0.2) is 46.9 Å². The number of benzene rings is 2. The highest BCUT2D eigenvalue weighted by atomic mass is 79.9. The fourth-order valence-electron chi connectivity index (χ4n) is 2.50. The average Bonchev–Trinajstić information content (AvgIpc) is 2.38. The highest BCUT2D eigenvalue weighted by Gasteiger charge is 2.21. The third kappa shape index (κ3) is 2.16. The van der Waals surface area contributed by atoms with Crippen LogP contribution in [0.2, 0.25) is 0 Å². The van der Waals surface area contributed by atoms with Crippen LogP contribution in [-0.2, 0) is 6.42 Å². The maximum absolute atomic E-state index is 9.55. The van der Waals surface area contributed by atoms with Crippen LogP contribution in [0.4, 0.5) is 0 Å². The molecule has 2 aromatic carbocycles. The van der Waals surface area contributed by atoms with E-state index in [1.807, 2.05) is 12.1 Å². The van der Waals surface area contributed by atoms with Crippen LogP contribution < -0.4 is 5.32 Å². The van der Waals surface area contributed by atoms with Crippen LogP contribution in [-0.4, -0.2) is 11.7 Å². The first-order valence-electron chi connectivity index (χ1n) is 6.05. The van der Waals surface area contributed by atoms with Crippen molar-refractivity contribution >= 4 is 15.9 Å². The summed E-state index contributed by atoms with van der Waals surface area (Å²) in [6.45, 7) is 0.942. The lowest BCUT2D eigenvalue weighted by molar-refractivity contribution is 0.471. The lowest BCUT2D eigenvalue weighted by Gasteiger charge is -2.27.